The van der Waals surface area contributed by atoms with E-state index in [0.29, 0.717) is 25.3 Å². The van der Waals surface area contributed by atoms with E-state index >= 15 is 0 Å². The van der Waals surface area contributed by atoms with Crippen LogP contribution in [0.5, 0.6) is 0 Å². The fourth-order valence-corrected chi connectivity index (χ4v) is 2.67. The fraction of sp³-hybridized carbons (Fsp3) is 0.450. The number of halogens is 3. The summed E-state index contributed by atoms with van der Waals surface area (Å²) in [5.41, 5.74) is 1.12. The average molecular weight is 366 g/mol. The monoisotopic (exact) mass is 366 g/mol. The van der Waals surface area contributed by atoms with Gasteiger partial charge in [0.25, 0.3) is 0 Å². The summed E-state index contributed by atoms with van der Waals surface area (Å²) in [6, 6.07) is 9.37. The number of pyridine rings is 1. The Labute approximate surface area is 152 Å². The molecular formula is C20H25F3N2O. The summed E-state index contributed by atoms with van der Waals surface area (Å²) >= 11 is 0. The predicted octanol–water partition coefficient (Wildman–Crippen LogP) is 4.92. The standard InChI is InChI=1S/C20H25F3N2O/c1-16(2)26-12-4-11-25(14-17-7-9-24-10-8-17)15-18-5-3-6-19(13-18)20(21,22)23/h3,5-10,13,16H,4,11-12,14-15H2,1-2H3. The normalized spacial score (nSPS) is 12.1. The molecule has 0 fully saturated rings. The third-order valence-electron chi connectivity index (χ3n) is 3.89. The SMILES string of the molecule is CC(C)OCCCN(Cc1ccncc1)Cc1cccc(C(F)(F)F)c1. The summed E-state index contributed by atoms with van der Waals surface area (Å²) < 4.78 is 44.4. The van der Waals surface area contributed by atoms with Crippen molar-refractivity contribution in [3.8, 4) is 0 Å². The Morgan fingerprint density at radius 3 is 2.38 bits per heavy atom. The van der Waals surface area contributed by atoms with Gasteiger partial charge in [-0.2, -0.15) is 13.2 Å². The van der Waals surface area contributed by atoms with Crippen LogP contribution in [0, 0.1) is 0 Å². The number of alkyl halides is 3. The molecule has 6 heteroatoms. The Morgan fingerprint density at radius 2 is 1.73 bits per heavy atom. The molecule has 0 unspecified atom stereocenters. The van der Waals surface area contributed by atoms with E-state index in [4.69, 9.17) is 4.74 Å². The molecule has 1 aromatic heterocycles. The molecular weight excluding hydrogens is 341 g/mol. The molecule has 0 aliphatic heterocycles. The molecule has 0 bridgehead atoms. The van der Waals surface area contributed by atoms with E-state index in [1.807, 2.05) is 26.0 Å². The van der Waals surface area contributed by atoms with E-state index < -0.39 is 11.7 Å². The zero-order chi connectivity index (χ0) is 19.0. The van der Waals surface area contributed by atoms with E-state index in [1.54, 1.807) is 18.5 Å². The Hall–Kier alpha value is -1.92. The van der Waals surface area contributed by atoms with Crippen LogP contribution in [0.3, 0.4) is 0 Å². The summed E-state index contributed by atoms with van der Waals surface area (Å²) in [5.74, 6) is 0. The van der Waals surface area contributed by atoms with Gasteiger partial charge in [0.1, 0.15) is 0 Å². The van der Waals surface area contributed by atoms with Crippen molar-refractivity contribution in [1.82, 2.24) is 9.88 Å². The lowest BCUT2D eigenvalue weighted by Crippen LogP contribution is -2.25. The second kappa shape index (κ2) is 9.69. The summed E-state index contributed by atoms with van der Waals surface area (Å²) in [6.07, 6.45) is 0.116. The minimum atomic E-state index is -4.32. The van der Waals surface area contributed by atoms with Crippen LogP contribution in [0.25, 0.3) is 0 Å². The maximum atomic E-state index is 12.9. The third-order valence-corrected chi connectivity index (χ3v) is 3.89. The van der Waals surface area contributed by atoms with Crippen molar-refractivity contribution in [2.75, 3.05) is 13.2 Å². The zero-order valence-corrected chi connectivity index (χ0v) is 15.2. The number of hydrogen-bond acceptors (Lipinski definition) is 3. The summed E-state index contributed by atoms with van der Waals surface area (Å²) in [6.45, 7) is 6.45. The minimum absolute atomic E-state index is 0.173. The zero-order valence-electron chi connectivity index (χ0n) is 15.2. The highest BCUT2D eigenvalue weighted by atomic mass is 19.4. The maximum absolute atomic E-state index is 12.9. The van der Waals surface area contributed by atoms with Gasteiger partial charge in [0.2, 0.25) is 0 Å². The Balaban J connectivity index is 2.05. The van der Waals surface area contributed by atoms with Gasteiger partial charge in [-0.15, -0.1) is 0 Å². The van der Waals surface area contributed by atoms with E-state index in [9.17, 15) is 13.2 Å². The van der Waals surface area contributed by atoms with Gasteiger partial charge in [-0.05, 0) is 49.6 Å². The maximum Gasteiger partial charge on any atom is 0.416 e. The molecule has 0 spiro atoms. The van der Waals surface area contributed by atoms with E-state index in [2.05, 4.69) is 9.88 Å². The molecule has 0 amide bonds. The quantitative estimate of drug-likeness (QED) is 0.589. The molecule has 1 aromatic carbocycles. The molecule has 3 nitrogen and oxygen atoms in total. The van der Waals surface area contributed by atoms with E-state index in [-0.39, 0.29) is 6.10 Å². The largest absolute Gasteiger partial charge is 0.416 e. The van der Waals surface area contributed by atoms with Gasteiger partial charge in [-0.25, -0.2) is 0 Å². The average Bonchev–Trinajstić information content (AvgIpc) is 2.59. The van der Waals surface area contributed by atoms with Crippen LogP contribution in [0.2, 0.25) is 0 Å². The highest BCUT2D eigenvalue weighted by Crippen LogP contribution is 2.29. The number of hydrogen-bond donors (Lipinski definition) is 0. The minimum Gasteiger partial charge on any atom is -0.379 e. The molecule has 0 N–H and O–H groups in total. The second-order valence-electron chi connectivity index (χ2n) is 6.54. The van der Waals surface area contributed by atoms with Gasteiger partial charge in [-0.1, -0.05) is 18.2 Å². The lowest BCUT2D eigenvalue weighted by molar-refractivity contribution is -0.137. The second-order valence-corrected chi connectivity index (χ2v) is 6.54. The Bertz CT molecular complexity index is 660. The van der Waals surface area contributed by atoms with Gasteiger partial charge in [0.05, 0.1) is 11.7 Å². The van der Waals surface area contributed by atoms with E-state index in [1.165, 1.54) is 12.1 Å². The van der Waals surface area contributed by atoms with Crippen molar-refractivity contribution in [2.24, 2.45) is 0 Å². The summed E-state index contributed by atoms with van der Waals surface area (Å²) in [4.78, 5) is 6.14. The molecule has 142 valence electrons. The highest BCUT2D eigenvalue weighted by Gasteiger charge is 2.30. The van der Waals surface area contributed by atoms with Crippen LogP contribution in [0.4, 0.5) is 13.2 Å². The van der Waals surface area contributed by atoms with Crippen LogP contribution in [0.1, 0.15) is 37.0 Å². The van der Waals surface area contributed by atoms with Gasteiger partial charge >= 0.3 is 6.18 Å². The lowest BCUT2D eigenvalue weighted by Gasteiger charge is -2.23. The molecule has 2 rings (SSSR count). The third kappa shape index (κ3) is 7.14. The number of benzene rings is 1. The van der Waals surface area contributed by atoms with Gasteiger partial charge in [-0.3, -0.25) is 9.88 Å². The molecule has 0 aliphatic rings. The molecule has 0 saturated heterocycles. The number of ether oxygens (including phenoxy) is 1. The number of aromatic nitrogens is 1. The summed E-state index contributed by atoms with van der Waals surface area (Å²) in [7, 11) is 0. The number of rotatable bonds is 9. The van der Waals surface area contributed by atoms with Crippen molar-refractivity contribution >= 4 is 0 Å². The van der Waals surface area contributed by atoms with Crippen molar-refractivity contribution in [3.63, 3.8) is 0 Å². The van der Waals surface area contributed by atoms with Gasteiger partial charge in [0, 0.05) is 38.6 Å². The Morgan fingerprint density at radius 1 is 1.04 bits per heavy atom. The highest BCUT2D eigenvalue weighted by molar-refractivity contribution is 5.25. The number of nitrogens with zero attached hydrogens (tertiary/aromatic N) is 2. The predicted molar refractivity (Wildman–Crippen MR) is 95.5 cm³/mol. The first-order valence-electron chi connectivity index (χ1n) is 8.73. The molecule has 1 heterocycles. The van der Waals surface area contributed by atoms with Crippen LogP contribution in [-0.2, 0) is 24.0 Å². The molecule has 0 aliphatic carbocycles. The van der Waals surface area contributed by atoms with Crippen molar-refractivity contribution in [1.29, 1.82) is 0 Å². The fourth-order valence-electron chi connectivity index (χ4n) is 2.67. The molecule has 26 heavy (non-hydrogen) atoms. The molecule has 0 radical (unpaired) electrons. The van der Waals surface area contributed by atoms with Crippen molar-refractivity contribution in [2.45, 2.75) is 45.6 Å². The molecule has 0 saturated carbocycles. The van der Waals surface area contributed by atoms with Crippen LogP contribution < -0.4 is 0 Å². The van der Waals surface area contributed by atoms with Crippen molar-refractivity contribution < 1.29 is 17.9 Å². The van der Waals surface area contributed by atoms with Crippen LogP contribution >= 0.6 is 0 Å². The first-order chi connectivity index (χ1) is 12.3. The van der Waals surface area contributed by atoms with Gasteiger partial charge in [0.15, 0.2) is 0 Å². The van der Waals surface area contributed by atoms with Crippen LogP contribution in [-0.4, -0.2) is 29.1 Å². The first-order valence-corrected chi connectivity index (χ1v) is 8.73. The lowest BCUT2D eigenvalue weighted by atomic mass is 10.1. The first kappa shape index (κ1) is 20.4. The smallest absolute Gasteiger partial charge is 0.379 e. The summed E-state index contributed by atoms with van der Waals surface area (Å²) in [5, 5.41) is 0. The molecule has 0 atom stereocenters. The van der Waals surface area contributed by atoms with Crippen molar-refractivity contribution in [3.05, 3.63) is 65.5 Å². The Kier molecular flexibility index (Phi) is 7.60. The van der Waals surface area contributed by atoms with Crippen LogP contribution in [0.15, 0.2) is 48.8 Å². The van der Waals surface area contributed by atoms with Gasteiger partial charge < -0.3 is 4.74 Å². The van der Waals surface area contributed by atoms with E-state index in [0.717, 1.165) is 24.6 Å². The topological polar surface area (TPSA) is 25.4 Å². The molecule has 2 aromatic rings.